The number of rotatable bonds is 4. The van der Waals surface area contributed by atoms with E-state index in [1.807, 2.05) is 76.2 Å². The van der Waals surface area contributed by atoms with Crippen molar-refractivity contribution in [3.8, 4) is 11.8 Å². The maximum atomic E-state index is 12.7. The lowest BCUT2D eigenvalue weighted by Gasteiger charge is -2.13. The Balaban J connectivity index is 1.84. The van der Waals surface area contributed by atoms with Crippen LogP contribution in [0, 0.1) is 27.7 Å². The molecule has 0 unspecified atom stereocenters. The molecule has 3 rings (SSSR count). The smallest absolute Gasteiger partial charge is 0.322 e. The minimum atomic E-state index is -0.169. The summed E-state index contributed by atoms with van der Waals surface area (Å²) in [6.07, 6.45) is 0. The highest BCUT2D eigenvalue weighted by Gasteiger charge is 2.15. The summed E-state index contributed by atoms with van der Waals surface area (Å²) in [5, 5.41) is 2.93. The van der Waals surface area contributed by atoms with Crippen LogP contribution in [0.4, 0.5) is 5.69 Å². The van der Waals surface area contributed by atoms with Crippen LogP contribution in [-0.2, 0) is 0 Å². The normalized spacial score (nSPS) is 10.5. The van der Waals surface area contributed by atoms with Crippen LogP contribution in [0.25, 0.3) is 0 Å². The van der Waals surface area contributed by atoms with Crippen LogP contribution in [0.2, 0.25) is 0 Å². The fraction of sp³-hybridized carbons (Fsp3) is 0.190. The summed E-state index contributed by atoms with van der Waals surface area (Å²) in [5.41, 5.74) is 4.53. The minimum Gasteiger partial charge on any atom is -0.424 e. The van der Waals surface area contributed by atoms with Gasteiger partial charge in [-0.1, -0.05) is 35.9 Å². The Morgan fingerprint density at radius 1 is 0.923 bits per heavy atom. The molecular formula is C21H21N3O2. The molecule has 0 atom stereocenters. The second-order valence-corrected chi connectivity index (χ2v) is 6.24. The zero-order chi connectivity index (χ0) is 18.7. The topological polar surface area (TPSA) is 64.1 Å². The lowest BCUT2D eigenvalue weighted by molar-refractivity contribution is 0.102. The average Bonchev–Trinajstić information content (AvgIpc) is 2.61. The van der Waals surface area contributed by atoms with Crippen molar-refractivity contribution in [1.82, 2.24) is 9.97 Å². The van der Waals surface area contributed by atoms with E-state index in [-0.39, 0.29) is 11.9 Å². The van der Waals surface area contributed by atoms with Crippen molar-refractivity contribution < 1.29 is 9.53 Å². The standard InChI is InChI=1S/C21H21N3O2/c1-13-10-11-14(2)18(12-13)20(25)24-19-15(3)22-21(23-16(19)4)26-17-8-6-5-7-9-17/h5-12H,1-4H3,(H,24,25). The Morgan fingerprint density at radius 3 is 2.23 bits per heavy atom. The molecule has 0 aliphatic heterocycles. The molecule has 0 saturated carbocycles. The zero-order valence-corrected chi connectivity index (χ0v) is 15.3. The van der Waals surface area contributed by atoms with Crippen LogP contribution < -0.4 is 10.1 Å². The maximum Gasteiger partial charge on any atom is 0.322 e. The Hall–Kier alpha value is -3.21. The third-order valence-corrected chi connectivity index (χ3v) is 4.08. The van der Waals surface area contributed by atoms with E-state index in [9.17, 15) is 4.79 Å². The van der Waals surface area contributed by atoms with E-state index in [0.29, 0.717) is 28.4 Å². The van der Waals surface area contributed by atoms with Crippen molar-refractivity contribution in [1.29, 1.82) is 0 Å². The average molecular weight is 347 g/mol. The lowest BCUT2D eigenvalue weighted by Crippen LogP contribution is -2.16. The van der Waals surface area contributed by atoms with Gasteiger partial charge >= 0.3 is 6.01 Å². The molecule has 1 aromatic heterocycles. The van der Waals surface area contributed by atoms with Gasteiger partial charge in [-0.15, -0.1) is 0 Å². The van der Waals surface area contributed by atoms with Gasteiger partial charge in [-0.05, 0) is 51.5 Å². The van der Waals surface area contributed by atoms with Crippen molar-refractivity contribution in [3.05, 3.63) is 76.6 Å². The predicted molar refractivity (Wildman–Crippen MR) is 102 cm³/mol. The van der Waals surface area contributed by atoms with Gasteiger partial charge < -0.3 is 10.1 Å². The largest absolute Gasteiger partial charge is 0.424 e. The number of carbonyl (C=O) groups excluding carboxylic acids is 1. The van der Waals surface area contributed by atoms with Crippen LogP contribution in [0.1, 0.15) is 32.9 Å². The highest BCUT2D eigenvalue weighted by molar-refractivity contribution is 6.05. The molecule has 26 heavy (non-hydrogen) atoms. The van der Waals surface area contributed by atoms with E-state index in [1.54, 1.807) is 0 Å². The molecule has 5 heteroatoms. The minimum absolute atomic E-state index is 0.169. The number of aryl methyl sites for hydroxylation is 4. The molecule has 0 aliphatic carbocycles. The van der Waals surface area contributed by atoms with Crippen LogP contribution in [0.5, 0.6) is 11.8 Å². The van der Waals surface area contributed by atoms with E-state index >= 15 is 0 Å². The van der Waals surface area contributed by atoms with Gasteiger partial charge in [0.05, 0.1) is 17.1 Å². The Kier molecular flexibility index (Phi) is 4.98. The third kappa shape index (κ3) is 3.88. The molecule has 1 heterocycles. The number of para-hydroxylation sites is 1. The summed E-state index contributed by atoms with van der Waals surface area (Å²) in [7, 11) is 0. The number of carbonyl (C=O) groups is 1. The van der Waals surface area contributed by atoms with Crippen LogP contribution >= 0.6 is 0 Å². The van der Waals surface area contributed by atoms with Gasteiger partial charge in [0.15, 0.2) is 0 Å². The van der Waals surface area contributed by atoms with E-state index in [0.717, 1.165) is 11.1 Å². The summed E-state index contributed by atoms with van der Waals surface area (Å²) in [5.74, 6) is 0.496. The summed E-state index contributed by atoms with van der Waals surface area (Å²) in [6, 6.07) is 15.4. The van der Waals surface area contributed by atoms with Gasteiger partial charge in [0.1, 0.15) is 5.75 Å². The van der Waals surface area contributed by atoms with Gasteiger partial charge in [0.25, 0.3) is 5.91 Å². The van der Waals surface area contributed by atoms with Crippen molar-refractivity contribution in [2.45, 2.75) is 27.7 Å². The molecule has 1 N–H and O–H groups in total. The van der Waals surface area contributed by atoms with Gasteiger partial charge in [-0.3, -0.25) is 4.79 Å². The molecule has 2 aromatic carbocycles. The Labute approximate surface area is 153 Å². The first-order valence-corrected chi connectivity index (χ1v) is 8.41. The maximum absolute atomic E-state index is 12.7. The van der Waals surface area contributed by atoms with E-state index in [1.165, 1.54) is 0 Å². The zero-order valence-electron chi connectivity index (χ0n) is 15.3. The molecule has 0 fully saturated rings. The monoisotopic (exact) mass is 347 g/mol. The molecular weight excluding hydrogens is 326 g/mol. The highest BCUT2D eigenvalue weighted by Crippen LogP contribution is 2.24. The summed E-state index contributed by atoms with van der Waals surface area (Å²) >= 11 is 0. The Bertz CT molecular complexity index is 930. The van der Waals surface area contributed by atoms with Gasteiger partial charge in [-0.25, -0.2) is 0 Å². The molecule has 0 spiro atoms. The molecule has 1 amide bonds. The molecule has 3 aromatic rings. The molecule has 5 nitrogen and oxygen atoms in total. The molecule has 0 radical (unpaired) electrons. The second-order valence-electron chi connectivity index (χ2n) is 6.24. The predicted octanol–water partition coefficient (Wildman–Crippen LogP) is 4.75. The second kappa shape index (κ2) is 7.35. The number of anilines is 1. The highest BCUT2D eigenvalue weighted by atomic mass is 16.5. The summed E-state index contributed by atoms with van der Waals surface area (Å²) in [4.78, 5) is 21.4. The first-order valence-electron chi connectivity index (χ1n) is 8.41. The fourth-order valence-corrected chi connectivity index (χ4v) is 2.67. The number of nitrogens with one attached hydrogen (secondary N) is 1. The Morgan fingerprint density at radius 2 is 1.58 bits per heavy atom. The molecule has 0 bridgehead atoms. The fourth-order valence-electron chi connectivity index (χ4n) is 2.67. The number of benzene rings is 2. The third-order valence-electron chi connectivity index (χ3n) is 4.08. The van der Waals surface area contributed by atoms with Gasteiger partial charge in [0.2, 0.25) is 0 Å². The van der Waals surface area contributed by atoms with Crippen molar-refractivity contribution >= 4 is 11.6 Å². The summed E-state index contributed by atoms with van der Waals surface area (Å²) < 4.78 is 5.68. The summed E-state index contributed by atoms with van der Waals surface area (Å²) in [6.45, 7) is 7.53. The number of hydrogen-bond acceptors (Lipinski definition) is 4. The number of amides is 1. The van der Waals surface area contributed by atoms with E-state index in [2.05, 4.69) is 15.3 Å². The first kappa shape index (κ1) is 17.6. The van der Waals surface area contributed by atoms with Crippen molar-refractivity contribution in [2.75, 3.05) is 5.32 Å². The van der Waals surface area contributed by atoms with E-state index < -0.39 is 0 Å². The quantitative estimate of drug-likeness (QED) is 0.739. The van der Waals surface area contributed by atoms with Crippen molar-refractivity contribution in [3.63, 3.8) is 0 Å². The van der Waals surface area contributed by atoms with Crippen LogP contribution in [-0.4, -0.2) is 15.9 Å². The molecule has 132 valence electrons. The molecule has 0 saturated heterocycles. The number of nitrogens with zero attached hydrogens (tertiary/aromatic N) is 2. The van der Waals surface area contributed by atoms with Crippen molar-refractivity contribution in [2.24, 2.45) is 0 Å². The lowest BCUT2D eigenvalue weighted by atomic mass is 10.0. The van der Waals surface area contributed by atoms with E-state index in [4.69, 9.17) is 4.74 Å². The van der Waals surface area contributed by atoms with Crippen LogP contribution in [0.15, 0.2) is 48.5 Å². The number of ether oxygens (including phenoxy) is 1. The molecule has 0 aliphatic rings. The van der Waals surface area contributed by atoms with Gasteiger partial charge in [-0.2, -0.15) is 9.97 Å². The van der Waals surface area contributed by atoms with Gasteiger partial charge in [0, 0.05) is 5.56 Å². The SMILES string of the molecule is Cc1ccc(C)c(C(=O)Nc2c(C)nc(Oc3ccccc3)nc2C)c1. The number of aromatic nitrogens is 2. The van der Waals surface area contributed by atoms with Crippen LogP contribution in [0.3, 0.4) is 0 Å². The first-order chi connectivity index (χ1) is 12.4. The number of hydrogen-bond donors (Lipinski definition) is 1.